The van der Waals surface area contributed by atoms with Crippen LogP contribution in [0.15, 0.2) is 34.8 Å². The summed E-state index contributed by atoms with van der Waals surface area (Å²) in [4.78, 5) is 15.0. The minimum atomic E-state index is -0.282. The minimum absolute atomic E-state index is 0.282. The first kappa shape index (κ1) is 19.8. The Kier molecular flexibility index (Phi) is 6.46. The van der Waals surface area contributed by atoms with Crippen LogP contribution in [-0.2, 0) is 4.74 Å². The lowest BCUT2D eigenvalue weighted by molar-refractivity contribution is 0.102. The molecule has 1 saturated heterocycles. The van der Waals surface area contributed by atoms with Gasteiger partial charge in [-0.05, 0) is 46.3 Å². The van der Waals surface area contributed by atoms with E-state index in [0.717, 1.165) is 18.8 Å². The van der Waals surface area contributed by atoms with Gasteiger partial charge in [0.2, 0.25) is 0 Å². The lowest BCUT2D eigenvalue weighted by Crippen LogP contribution is -2.36. The second-order valence-corrected chi connectivity index (χ2v) is 7.14. The van der Waals surface area contributed by atoms with Crippen molar-refractivity contribution in [2.24, 2.45) is 0 Å². The Bertz CT molecular complexity index is 815. The maximum Gasteiger partial charge on any atom is 0.255 e. The number of ether oxygens (including phenoxy) is 3. The Morgan fingerprint density at radius 2 is 1.78 bits per heavy atom. The van der Waals surface area contributed by atoms with E-state index in [1.807, 2.05) is 12.1 Å². The molecule has 2 aromatic rings. The minimum Gasteiger partial charge on any atom is -0.495 e. The van der Waals surface area contributed by atoms with Crippen LogP contribution in [0, 0.1) is 0 Å². The van der Waals surface area contributed by atoms with Gasteiger partial charge in [-0.25, -0.2) is 0 Å². The molecule has 0 unspecified atom stereocenters. The van der Waals surface area contributed by atoms with Gasteiger partial charge in [-0.15, -0.1) is 0 Å². The van der Waals surface area contributed by atoms with Crippen molar-refractivity contribution in [1.29, 1.82) is 0 Å². The predicted octanol–water partition coefficient (Wildman–Crippen LogP) is 4.21. The van der Waals surface area contributed by atoms with Gasteiger partial charge in [0.05, 0.1) is 38.8 Å². The van der Waals surface area contributed by atoms with Crippen molar-refractivity contribution in [2.75, 3.05) is 50.7 Å². The zero-order valence-electron chi connectivity index (χ0n) is 15.1. The van der Waals surface area contributed by atoms with E-state index in [9.17, 15) is 4.79 Å². The third-order valence-corrected chi connectivity index (χ3v) is 5.28. The number of rotatable bonds is 5. The molecular formula is C19H20BrClN2O4. The first-order valence-electron chi connectivity index (χ1n) is 8.38. The van der Waals surface area contributed by atoms with E-state index < -0.39 is 0 Å². The van der Waals surface area contributed by atoms with E-state index in [2.05, 4.69) is 26.1 Å². The van der Waals surface area contributed by atoms with Crippen LogP contribution in [0.25, 0.3) is 0 Å². The van der Waals surface area contributed by atoms with Gasteiger partial charge in [0, 0.05) is 23.7 Å². The molecule has 1 aliphatic heterocycles. The van der Waals surface area contributed by atoms with Crippen molar-refractivity contribution in [3.8, 4) is 11.5 Å². The summed E-state index contributed by atoms with van der Waals surface area (Å²) < 4.78 is 16.7. The number of carbonyl (C=O) groups is 1. The van der Waals surface area contributed by atoms with Crippen molar-refractivity contribution < 1.29 is 19.0 Å². The van der Waals surface area contributed by atoms with Crippen LogP contribution >= 0.6 is 27.5 Å². The molecule has 1 amide bonds. The Labute approximate surface area is 171 Å². The molecule has 0 aliphatic carbocycles. The first-order chi connectivity index (χ1) is 13.0. The highest BCUT2D eigenvalue weighted by molar-refractivity contribution is 9.10. The summed E-state index contributed by atoms with van der Waals surface area (Å²) in [6.07, 6.45) is 0. The lowest BCUT2D eigenvalue weighted by atomic mass is 10.1. The van der Waals surface area contributed by atoms with Crippen LogP contribution in [-0.4, -0.2) is 46.4 Å². The van der Waals surface area contributed by atoms with Crippen molar-refractivity contribution in [1.82, 2.24) is 0 Å². The Morgan fingerprint density at radius 1 is 1.15 bits per heavy atom. The zero-order valence-corrected chi connectivity index (χ0v) is 17.4. The second-order valence-electron chi connectivity index (χ2n) is 5.91. The lowest BCUT2D eigenvalue weighted by Gasteiger charge is -2.30. The molecule has 0 atom stereocenters. The van der Waals surface area contributed by atoms with Gasteiger partial charge >= 0.3 is 0 Å². The number of carbonyl (C=O) groups excluding carboxylic acids is 1. The number of morpholine rings is 1. The zero-order chi connectivity index (χ0) is 19.4. The average Bonchev–Trinajstić information content (AvgIpc) is 2.69. The average molecular weight is 456 g/mol. The molecule has 3 rings (SSSR count). The molecule has 27 heavy (non-hydrogen) atoms. The number of hydrogen-bond donors (Lipinski definition) is 1. The molecule has 0 saturated carbocycles. The topological polar surface area (TPSA) is 60.0 Å². The Morgan fingerprint density at radius 3 is 2.37 bits per heavy atom. The standard InChI is InChI=1S/C19H20BrClN2O4/c1-25-16-9-12(10-17(26-2)18(16)20)19(24)22-14-11-13(21)3-4-15(14)23-5-7-27-8-6-23/h3-4,9-11H,5-8H2,1-2H3,(H,22,24). The predicted molar refractivity (Wildman–Crippen MR) is 110 cm³/mol. The number of anilines is 2. The van der Waals surface area contributed by atoms with Crippen molar-refractivity contribution in [2.45, 2.75) is 0 Å². The van der Waals surface area contributed by atoms with Crippen LogP contribution in [0.4, 0.5) is 11.4 Å². The van der Waals surface area contributed by atoms with Crippen LogP contribution in [0.5, 0.6) is 11.5 Å². The normalized spacial score (nSPS) is 14.0. The van der Waals surface area contributed by atoms with Crippen molar-refractivity contribution in [3.05, 3.63) is 45.4 Å². The molecule has 1 heterocycles. The van der Waals surface area contributed by atoms with Crippen molar-refractivity contribution >= 4 is 44.8 Å². The van der Waals surface area contributed by atoms with Gasteiger partial charge in [0.25, 0.3) is 5.91 Å². The van der Waals surface area contributed by atoms with Gasteiger partial charge in [0.15, 0.2) is 0 Å². The van der Waals surface area contributed by atoms with Crippen LogP contribution in [0.3, 0.4) is 0 Å². The molecule has 8 heteroatoms. The summed E-state index contributed by atoms with van der Waals surface area (Å²) in [6, 6.07) is 8.78. The molecule has 2 aromatic carbocycles. The number of hydrogen-bond acceptors (Lipinski definition) is 5. The fraction of sp³-hybridized carbons (Fsp3) is 0.316. The van der Waals surface area contributed by atoms with Gasteiger partial charge in [-0.2, -0.15) is 0 Å². The van der Waals surface area contributed by atoms with Gasteiger partial charge in [-0.3, -0.25) is 4.79 Å². The largest absolute Gasteiger partial charge is 0.495 e. The number of halogens is 2. The Hall–Kier alpha value is -1.96. The molecule has 1 N–H and O–H groups in total. The SMILES string of the molecule is COc1cc(C(=O)Nc2cc(Cl)ccc2N2CCOCC2)cc(OC)c1Br. The second kappa shape index (κ2) is 8.82. The molecule has 144 valence electrons. The van der Waals surface area contributed by atoms with E-state index in [-0.39, 0.29) is 5.91 Å². The highest BCUT2D eigenvalue weighted by Gasteiger charge is 2.19. The van der Waals surface area contributed by atoms with Gasteiger partial charge in [-0.1, -0.05) is 11.6 Å². The van der Waals surface area contributed by atoms with E-state index in [1.54, 1.807) is 18.2 Å². The molecule has 6 nitrogen and oxygen atoms in total. The molecule has 0 radical (unpaired) electrons. The fourth-order valence-corrected chi connectivity index (χ4v) is 3.61. The summed E-state index contributed by atoms with van der Waals surface area (Å²) >= 11 is 9.57. The number of nitrogens with zero attached hydrogens (tertiary/aromatic N) is 1. The summed E-state index contributed by atoms with van der Waals surface area (Å²) in [7, 11) is 3.07. The maximum atomic E-state index is 12.9. The quantitative estimate of drug-likeness (QED) is 0.732. The Balaban J connectivity index is 1.91. The van der Waals surface area contributed by atoms with Crippen LogP contribution < -0.4 is 19.7 Å². The number of nitrogens with one attached hydrogen (secondary N) is 1. The summed E-state index contributed by atoms with van der Waals surface area (Å²) in [5.74, 6) is 0.744. The third kappa shape index (κ3) is 4.48. The number of benzene rings is 2. The molecule has 1 aliphatic rings. The van der Waals surface area contributed by atoms with E-state index in [4.69, 9.17) is 25.8 Å². The molecule has 0 aromatic heterocycles. The summed E-state index contributed by atoms with van der Waals surface area (Å²) in [5.41, 5.74) is 1.97. The highest BCUT2D eigenvalue weighted by Crippen LogP contribution is 2.36. The van der Waals surface area contributed by atoms with Crippen LogP contribution in [0.1, 0.15) is 10.4 Å². The van der Waals surface area contributed by atoms with Gasteiger partial charge < -0.3 is 24.4 Å². The van der Waals surface area contributed by atoms with E-state index >= 15 is 0 Å². The molecular weight excluding hydrogens is 436 g/mol. The smallest absolute Gasteiger partial charge is 0.255 e. The molecule has 0 bridgehead atoms. The molecule has 1 fully saturated rings. The van der Waals surface area contributed by atoms with E-state index in [1.165, 1.54) is 14.2 Å². The van der Waals surface area contributed by atoms with Gasteiger partial charge in [0.1, 0.15) is 16.0 Å². The maximum absolute atomic E-state index is 12.9. The summed E-state index contributed by atoms with van der Waals surface area (Å²) in [6.45, 7) is 2.81. The van der Waals surface area contributed by atoms with E-state index in [0.29, 0.717) is 45.5 Å². The number of methoxy groups -OCH3 is 2. The highest BCUT2D eigenvalue weighted by atomic mass is 79.9. The summed E-state index contributed by atoms with van der Waals surface area (Å²) in [5, 5.41) is 3.50. The third-order valence-electron chi connectivity index (χ3n) is 4.27. The molecule has 0 spiro atoms. The fourth-order valence-electron chi connectivity index (χ4n) is 2.88. The monoisotopic (exact) mass is 454 g/mol. The van der Waals surface area contributed by atoms with Crippen LogP contribution in [0.2, 0.25) is 5.02 Å². The first-order valence-corrected chi connectivity index (χ1v) is 9.55. The van der Waals surface area contributed by atoms with Crippen molar-refractivity contribution in [3.63, 3.8) is 0 Å². The number of amides is 1.